The van der Waals surface area contributed by atoms with Gasteiger partial charge in [0.25, 0.3) is 11.8 Å². The van der Waals surface area contributed by atoms with Crippen LogP contribution in [0.3, 0.4) is 0 Å². The van der Waals surface area contributed by atoms with Crippen molar-refractivity contribution in [1.29, 1.82) is 0 Å². The number of benzene rings is 1. The maximum Gasteiger partial charge on any atom is 0.279 e. The lowest BCUT2D eigenvalue weighted by Gasteiger charge is -2.16. The molecule has 0 saturated carbocycles. The van der Waals surface area contributed by atoms with Gasteiger partial charge in [-0.2, -0.15) is 0 Å². The summed E-state index contributed by atoms with van der Waals surface area (Å²) in [4.78, 5) is 24.1. The maximum absolute atomic E-state index is 12.1. The van der Waals surface area contributed by atoms with Crippen molar-refractivity contribution in [3.05, 3.63) is 51.4 Å². The smallest absolute Gasteiger partial charge is 0.279 e. The second-order valence-corrected chi connectivity index (χ2v) is 6.32. The van der Waals surface area contributed by atoms with E-state index in [1.54, 1.807) is 32.9 Å². The predicted molar refractivity (Wildman–Crippen MR) is 92.8 cm³/mol. The monoisotopic (exact) mass is 394 g/mol. The summed E-state index contributed by atoms with van der Waals surface area (Å²) in [5.41, 5.74) is 6.15. The van der Waals surface area contributed by atoms with Crippen LogP contribution in [0.4, 0.5) is 0 Å². The summed E-state index contributed by atoms with van der Waals surface area (Å²) < 4.78 is 11.6. The summed E-state index contributed by atoms with van der Waals surface area (Å²) >= 11 is 3.39. The van der Waals surface area contributed by atoms with Crippen molar-refractivity contribution in [3.8, 4) is 5.75 Å². The van der Waals surface area contributed by atoms with Crippen molar-refractivity contribution < 1.29 is 18.7 Å². The van der Waals surface area contributed by atoms with Crippen LogP contribution in [-0.4, -0.2) is 17.9 Å². The van der Waals surface area contributed by atoms with E-state index in [4.69, 9.17) is 9.15 Å². The molecule has 0 bridgehead atoms. The normalized spacial score (nSPS) is 11.7. The Morgan fingerprint density at radius 3 is 2.46 bits per heavy atom. The zero-order chi connectivity index (χ0) is 17.9. The maximum atomic E-state index is 12.1. The van der Waals surface area contributed by atoms with Crippen LogP contribution in [0.15, 0.2) is 33.2 Å². The van der Waals surface area contributed by atoms with Gasteiger partial charge in [0.05, 0.1) is 10.0 Å². The molecule has 2 rings (SSSR count). The Balaban J connectivity index is 1.92. The van der Waals surface area contributed by atoms with E-state index in [-0.39, 0.29) is 0 Å². The lowest BCUT2D eigenvalue weighted by molar-refractivity contribution is -0.128. The van der Waals surface area contributed by atoms with Crippen molar-refractivity contribution in [3.63, 3.8) is 0 Å². The molecule has 1 aromatic carbocycles. The SMILES string of the molecule is Cc1ccc(OC(C)C(=O)NNC(=O)c2cc(C)oc2C)c(Br)c1. The fourth-order valence-corrected chi connectivity index (χ4v) is 2.68. The van der Waals surface area contributed by atoms with Crippen LogP contribution in [0.1, 0.15) is 34.4 Å². The minimum Gasteiger partial charge on any atom is -0.480 e. The third-order valence-electron chi connectivity index (χ3n) is 3.35. The number of amides is 2. The third kappa shape index (κ3) is 4.38. The van der Waals surface area contributed by atoms with E-state index in [2.05, 4.69) is 26.8 Å². The Labute approximate surface area is 148 Å². The number of carbonyl (C=O) groups is 2. The summed E-state index contributed by atoms with van der Waals surface area (Å²) in [6.45, 7) is 6.99. The van der Waals surface area contributed by atoms with Gasteiger partial charge in [-0.15, -0.1) is 0 Å². The van der Waals surface area contributed by atoms with Crippen LogP contribution in [-0.2, 0) is 4.79 Å². The molecule has 1 heterocycles. The highest BCUT2D eigenvalue weighted by Gasteiger charge is 2.18. The highest BCUT2D eigenvalue weighted by Crippen LogP contribution is 2.26. The summed E-state index contributed by atoms with van der Waals surface area (Å²) in [7, 11) is 0. The summed E-state index contributed by atoms with van der Waals surface area (Å²) in [6, 6.07) is 7.17. The van der Waals surface area contributed by atoms with Gasteiger partial charge in [-0.1, -0.05) is 6.07 Å². The zero-order valence-electron chi connectivity index (χ0n) is 13.9. The molecule has 0 saturated heterocycles. The second kappa shape index (κ2) is 7.53. The summed E-state index contributed by atoms with van der Waals surface area (Å²) in [5, 5.41) is 0. The third-order valence-corrected chi connectivity index (χ3v) is 3.96. The van der Waals surface area contributed by atoms with Crippen LogP contribution in [0.2, 0.25) is 0 Å². The van der Waals surface area contributed by atoms with E-state index in [0.29, 0.717) is 22.8 Å². The number of nitrogens with one attached hydrogen (secondary N) is 2. The molecule has 128 valence electrons. The number of halogens is 1. The molecule has 0 aliphatic heterocycles. The molecule has 1 atom stereocenters. The second-order valence-electron chi connectivity index (χ2n) is 5.46. The van der Waals surface area contributed by atoms with Crippen molar-refractivity contribution >= 4 is 27.7 Å². The first-order valence-corrected chi connectivity index (χ1v) is 8.17. The molecule has 0 aliphatic carbocycles. The molecule has 2 amide bonds. The average molecular weight is 395 g/mol. The topological polar surface area (TPSA) is 80.6 Å². The van der Waals surface area contributed by atoms with Gasteiger partial charge in [0.2, 0.25) is 0 Å². The van der Waals surface area contributed by atoms with E-state index in [9.17, 15) is 9.59 Å². The molecule has 0 radical (unpaired) electrons. The molecule has 2 N–H and O–H groups in total. The van der Waals surface area contributed by atoms with Gasteiger partial charge in [-0.3, -0.25) is 20.4 Å². The van der Waals surface area contributed by atoms with E-state index >= 15 is 0 Å². The van der Waals surface area contributed by atoms with Gasteiger partial charge in [0.1, 0.15) is 17.3 Å². The molecule has 1 unspecified atom stereocenters. The van der Waals surface area contributed by atoms with Gasteiger partial charge in [-0.05, 0) is 67.4 Å². The summed E-state index contributed by atoms with van der Waals surface area (Å²) in [5.74, 6) is 0.767. The number of ether oxygens (including phenoxy) is 1. The van der Waals surface area contributed by atoms with Crippen molar-refractivity contribution in [1.82, 2.24) is 10.9 Å². The van der Waals surface area contributed by atoms with E-state index in [0.717, 1.165) is 10.0 Å². The van der Waals surface area contributed by atoms with Gasteiger partial charge < -0.3 is 9.15 Å². The Bertz CT molecular complexity index is 770. The molecule has 1 aromatic heterocycles. The molecule has 7 heteroatoms. The zero-order valence-corrected chi connectivity index (χ0v) is 15.5. The molecular formula is C17H19BrN2O4. The van der Waals surface area contributed by atoms with Crippen LogP contribution in [0, 0.1) is 20.8 Å². The lowest BCUT2D eigenvalue weighted by atomic mass is 10.2. The Morgan fingerprint density at radius 2 is 1.88 bits per heavy atom. The number of hydrogen-bond acceptors (Lipinski definition) is 4. The largest absolute Gasteiger partial charge is 0.480 e. The number of furan rings is 1. The number of hydrogen-bond donors (Lipinski definition) is 2. The standard InChI is InChI=1S/C17H19BrN2O4/c1-9-5-6-15(14(18)7-9)24-12(4)16(21)19-20-17(22)13-8-10(2)23-11(13)3/h5-8,12H,1-4H3,(H,19,21)(H,20,22). The molecular weight excluding hydrogens is 376 g/mol. The first-order valence-electron chi connectivity index (χ1n) is 7.38. The van der Waals surface area contributed by atoms with Crippen molar-refractivity contribution in [2.45, 2.75) is 33.8 Å². The molecule has 0 fully saturated rings. The Kier molecular flexibility index (Phi) is 5.66. The quantitative estimate of drug-likeness (QED) is 0.780. The van der Waals surface area contributed by atoms with E-state index < -0.39 is 17.9 Å². The van der Waals surface area contributed by atoms with Crippen molar-refractivity contribution in [2.75, 3.05) is 0 Å². The lowest BCUT2D eigenvalue weighted by Crippen LogP contribution is -2.47. The molecule has 2 aromatic rings. The highest BCUT2D eigenvalue weighted by molar-refractivity contribution is 9.10. The number of aryl methyl sites for hydroxylation is 3. The molecule has 24 heavy (non-hydrogen) atoms. The molecule has 0 spiro atoms. The Hall–Kier alpha value is -2.28. The highest BCUT2D eigenvalue weighted by atomic mass is 79.9. The Morgan fingerprint density at radius 1 is 1.17 bits per heavy atom. The van der Waals surface area contributed by atoms with Crippen LogP contribution in [0.5, 0.6) is 5.75 Å². The van der Waals surface area contributed by atoms with Gasteiger partial charge >= 0.3 is 0 Å². The van der Waals surface area contributed by atoms with E-state index in [1.807, 2.05) is 19.1 Å². The predicted octanol–water partition coefficient (Wildman–Crippen LogP) is 3.20. The van der Waals surface area contributed by atoms with Gasteiger partial charge in [0.15, 0.2) is 6.10 Å². The van der Waals surface area contributed by atoms with Crippen LogP contribution >= 0.6 is 15.9 Å². The number of rotatable bonds is 4. The van der Waals surface area contributed by atoms with Gasteiger partial charge in [0, 0.05) is 0 Å². The number of carbonyl (C=O) groups excluding carboxylic acids is 2. The van der Waals surface area contributed by atoms with E-state index in [1.165, 1.54) is 0 Å². The fraction of sp³-hybridized carbons (Fsp3) is 0.294. The molecule has 6 nitrogen and oxygen atoms in total. The minimum atomic E-state index is -0.781. The van der Waals surface area contributed by atoms with Crippen molar-refractivity contribution in [2.24, 2.45) is 0 Å². The number of hydrazine groups is 1. The van der Waals surface area contributed by atoms with Crippen LogP contribution in [0.25, 0.3) is 0 Å². The van der Waals surface area contributed by atoms with Crippen LogP contribution < -0.4 is 15.6 Å². The fourth-order valence-electron chi connectivity index (χ4n) is 2.09. The van der Waals surface area contributed by atoms with Gasteiger partial charge in [-0.25, -0.2) is 0 Å². The molecule has 0 aliphatic rings. The first-order chi connectivity index (χ1) is 11.3. The minimum absolute atomic E-state index is 0.377. The average Bonchev–Trinajstić information content (AvgIpc) is 2.85. The first kappa shape index (κ1) is 18.1. The summed E-state index contributed by atoms with van der Waals surface area (Å²) in [6.07, 6.45) is -0.781.